The lowest BCUT2D eigenvalue weighted by molar-refractivity contribution is -0.119. The number of hydrogen-bond acceptors (Lipinski definition) is 6. The highest BCUT2D eigenvalue weighted by atomic mass is 32.2. The lowest BCUT2D eigenvalue weighted by atomic mass is 9.49. The van der Waals surface area contributed by atoms with E-state index in [0.717, 1.165) is 49.3 Å². The van der Waals surface area contributed by atoms with Crippen LogP contribution in [0.5, 0.6) is 0 Å². The summed E-state index contributed by atoms with van der Waals surface area (Å²) in [5.41, 5.74) is -0.575. The van der Waals surface area contributed by atoms with Gasteiger partial charge in [0.2, 0.25) is 11.8 Å². The smallest absolute Gasteiger partial charge is 0.277 e. The first-order valence-electron chi connectivity index (χ1n) is 10.3. The van der Waals surface area contributed by atoms with E-state index < -0.39 is 5.54 Å². The van der Waals surface area contributed by atoms with Crippen molar-refractivity contribution in [1.82, 2.24) is 15.5 Å². The van der Waals surface area contributed by atoms with Crippen LogP contribution in [0.25, 0.3) is 0 Å². The maximum Gasteiger partial charge on any atom is 0.277 e. The van der Waals surface area contributed by atoms with Crippen LogP contribution < -0.4 is 5.32 Å². The molecule has 6 rings (SSSR count). The van der Waals surface area contributed by atoms with Crippen LogP contribution in [0.3, 0.4) is 0 Å². The lowest BCUT2D eigenvalue weighted by Gasteiger charge is -2.55. The molecule has 1 amide bonds. The van der Waals surface area contributed by atoms with Gasteiger partial charge in [0.1, 0.15) is 5.54 Å². The molecular weight excluding hydrogens is 360 g/mol. The molecule has 1 aromatic heterocycles. The summed E-state index contributed by atoms with van der Waals surface area (Å²) >= 11 is 1.28. The second-order valence-electron chi connectivity index (χ2n) is 9.31. The number of carbonyl (C=O) groups excluding carboxylic acids is 1. The van der Waals surface area contributed by atoms with Gasteiger partial charge >= 0.3 is 0 Å². The number of nitrogens with one attached hydrogen (secondary N) is 1. The van der Waals surface area contributed by atoms with Crippen molar-refractivity contribution in [3.63, 3.8) is 0 Å². The van der Waals surface area contributed by atoms with Gasteiger partial charge in [0.05, 0.1) is 11.8 Å². The van der Waals surface area contributed by atoms with E-state index >= 15 is 0 Å². The van der Waals surface area contributed by atoms with Crippen LogP contribution in [0.4, 0.5) is 0 Å². The van der Waals surface area contributed by atoms with Crippen LogP contribution in [-0.2, 0) is 10.2 Å². The molecule has 0 spiro atoms. The third-order valence-corrected chi connectivity index (χ3v) is 8.09. The zero-order valence-corrected chi connectivity index (χ0v) is 16.4. The Hall–Kier alpha value is -1.55. The summed E-state index contributed by atoms with van der Waals surface area (Å²) < 4.78 is 6.04. The summed E-state index contributed by atoms with van der Waals surface area (Å²) in [5, 5.41) is 21.4. The summed E-state index contributed by atoms with van der Waals surface area (Å²) in [6.45, 7) is 0. The molecule has 144 valence electrons. The maximum atomic E-state index is 12.3. The Morgan fingerprint density at radius 1 is 1.15 bits per heavy atom. The Labute approximate surface area is 163 Å². The molecule has 6 nitrogen and oxygen atoms in total. The van der Waals surface area contributed by atoms with Crippen LogP contribution in [0.15, 0.2) is 9.64 Å². The molecule has 4 bridgehead atoms. The summed E-state index contributed by atoms with van der Waals surface area (Å²) in [6.07, 6.45) is 11.2. The number of hydrogen-bond donors (Lipinski definition) is 1. The van der Waals surface area contributed by atoms with E-state index in [2.05, 4.69) is 21.6 Å². The van der Waals surface area contributed by atoms with Gasteiger partial charge in [-0.15, -0.1) is 10.2 Å². The Bertz CT molecular complexity index is 742. The summed E-state index contributed by atoms with van der Waals surface area (Å²) in [5.74, 6) is 3.38. The van der Waals surface area contributed by atoms with E-state index in [1.54, 1.807) is 0 Å². The number of nitrogens with zero attached hydrogens (tertiary/aromatic N) is 3. The Balaban J connectivity index is 1.22. The van der Waals surface area contributed by atoms with E-state index in [9.17, 15) is 10.1 Å². The van der Waals surface area contributed by atoms with Crippen LogP contribution in [0, 0.1) is 29.1 Å². The van der Waals surface area contributed by atoms with Gasteiger partial charge in [-0.1, -0.05) is 11.8 Å². The first-order chi connectivity index (χ1) is 13.1. The molecule has 0 radical (unpaired) electrons. The fourth-order valence-corrected chi connectivity index (χ4v) is 7.09. The van der Waals surface area contributed by atoms with E-state index in [0.29, 0.717) is 5.22 Å². The first-order valence-corrected chi connectivity index (χ1v) is 11.3. The highest BCUT2D eigenvalue weighted by Crippen LogP contribution is 2.60. The van der Waals surface area contributed by atoms with E-state index in [1.807, 2.05) is 0 Å². The minimum atomic E-state index is -0.670. The van der Waals surface area contributed by atoms with Gasteiger partial charge in [-0.05, 0) is 82.0 Å². The largest absolute Gasteiger partial charge is 0.415 e. The molecule has 5 saturated carbocycles. The van der Waals surface area contributed by atoms with Gasteiger partial charge in [0.15, 0.2) is 0 Å². The molecule has 1 N–H and O–H groups in total. The normalized spacial score (nSPS) is 35.9. The molecule has 1 aromatic rings. The quantitative estimate of drug-likeness (QED) is 0.778. The van der Waals surface area contributed by atoms with Crippen molar-refractivity contribution in [2.45, 2.75) is 80.4 Å². The van der Waals surface area contributed by atoms with Crippen molar-refractivity contribution in [2.75, 3.05) is 5.75 Å². The second-order valence-corrected chi connectivity index (χ2v) is 10.2. The minimum absolute atomic E-state index is 0.0948. The van der Waals surface area contributed by atoms with E-state index in [4.69, 9.17) is 4.42 Å². The van der Waals surface area contributed by atoms with Crippen LogP contribution in [-0.4, -0.2) is 27.4 Å². The molecule has 0 aliphatic heterocycles. The third kappa shape index (κ3) is 3.16. The predicted octanol–water partition coefficient (Wildman–Crippen LogP) is 3.58. The Morgan fingerprint density at radius 3 is 2.37 bits per heavy atom. The fraction of sp³-hybridized carbons (Fsp3) is 0.800. The van der Waals surface area contributed by atoms with Crippen molar-refractivity contribution in [3.8, 4) is 6.07 Å². The molecule has 0 saturated heterocycles. The highest BCUT2D eigenvalue weighted by molar-refractivity contribution is 7.99. The standard InChI is InChI=1S/C20H26N4O2S/c21-12-20(3-1-2-4-20)22-16(25)11-27-18-24-23-17(26-18)19-8-13-5-14(9-19)7-15(6-13)10-19/h13-15H,1-11H2,(H,22,25). The van der Waals surface area contributed by atoms with Crippen molar-refractivity contribution in [3.05, 3.63) is 5.89 Å². The lowest BCUT2D eigenvalue weighted by Crippen LogP contribution is -2.48. The van der Waals surface area contributed by atoms with Gasteiger partial charge in [0, 0.05) is 5.41 Å². The molecule has 1 heterocycles. The Morgan fingerprint density at radius 2 is 1.78 bits per heavy atom. The summed E-state index contributed by atoms with van der Waals surface area (Å²) in [7, 11) is 0. The van der Waals surface area contributed by atoms with Crippen molar-refractivity contribution < 1.29 is 9.21 Å². The number of thioether (sulfide) groups is 1. The van der Waals surface area contributed by atoms with E-state index in [1.165, 1.54) is 50.3 Å². The van der Waals surface area contributed by atoms with Crippen molar-refractivity contribution >= 4 is 17.7 Å². The minimum Gasteiger partial charge on any atom is -0.415 e. The van der Waals surface area contributed by atoms with Crippen molar-refractivity contribution in [1.29, 1.82) is 5.26 Å². The topological polar surface area (TPSA) is 91.8 Å². The average Bonchev–Trinajstić information content (AvgIpc) is 3.29. The van der Waals surface area contributed by atoms with Gasteiger partial charge in [-0.3, -0.25) is 4.79 Å². The fourth-order valence-electron chi connectivity index (χ4n) is 6.53. The van der Waals surface area contributed by atoms with E-state index in [-0.39, 0.29) is 17.1 Å². The zero-order valence-electron chi connectivity index (χ0n) is 15.6. The molecular formula is C20H26N4O2S. The third-order valence-electron chi connectivity index (χ3n) is 7.27. The van der Waals surface area contributed by atoms with Crippen LogP contribution in [0.2, 0.25) is 0 Å². The van der Waals surface area contributed by atoms with Gasteiger partial charge in [-0.25, -0.2) is 0 Å². The number of amides is 1. The number of rotatable bonds is 5. The molecule has 5 aliphatic carbocycles. The monoisotopic (exact) mass is 386 g/mol. The summed E-state index contributed by atoms with van der Waals surface area (Å²) in [4.78, 5) is 12.3. The van der Waals surface area contributed by atoms with Crippen LogP contribution in [0.1, 0.15) is 70.1 Å². The second kappa shape index (κ2) is 6.51. The first kappa shape index (κ1) is 17.5. The number of nitriles is 1. The molecule has 7 heteroatoms. The maximum absolute atomic E-state index is 12.3. The average molecular weight is 387 g/mol. The van der Waals surface area contributed by atoms with Gasteiger partial charge < -0.3 is 9.73 Å². The highest BCUT2D eigenvalue weighted by Gasteiger charge is 2.54. The van der Waals surface area contributed by atoms with Gasteiger partial charge in [-0.2, -0.15) is 5.26 Å². The number of aromatic nitrogens is 2. The Kier molecular flexibility index (Phi) is 4.23. The molecule has 0 atom stereocenters. The number of carbonyl (C=O) groups is 1. The molecule has 27 heavy (non-hydrogen) atoms. The van der Waals surface area contributed by atoms with Crippen molar-refractivity contribution in [2.24, 2.45) is 17.8 Å². The summed E-state index contributed by atoms with van der Waals surface area (Å²) in [6, 6.07) is 2.29. The zero-order chi connectivity index (χ0) is 18.5. The van der Waals surface area contributed by atoms with Crippen LogP contribution >= 0.6 is 11.8 Å². The predicted molar refractivity (Wildman–Crippen MR) is 99.8 cm³/mol. The molecule has 0 aromatic carbocycles. The molecule has 0 unspecified atom stereocenters. The molecule has 5 fully saturated rings. The molecule has 5 aliphatic rings. The van der Waals surface area contributed by atoms with Gasteiger partial charge in [0.25, 0.3) is 5.22 Å². The SMILES string of the molecule is N#CC1(NC(=O)CSc2nnc(C34CC5CC(CC(C5)C3)C4)o2)CCCC1.